The molecule has 66 valence electrons. The smallest absolute Gasteiger partial charge is 0.0871 e. The first-order valence-electron chi connectivity index (χ1n) is 4.14. The molecule has 0 saturated carbocycles. The van der Waals surface area contributed by atoms with E-state index in [1.165, 1.54) is 0 Å². The third-order valence-corrected chi connectivity index (χ3v) is 2.19. The third-order valence-electron chi connectivity index (χ3n) is 2.19. The molecule has 0 saturated heterocycles. The van der Waals surface area contributed by atoms with Crippen LogP contribution in [0.1, 0.15) is 11.3 Å². The van der Waals surface area contributed by atoms with Gasteiger partial charge in [-0.3, -0.25) is 9.67 Å². The van der Waals surface area contributed by atoms with E-state index in [4.69, 9.17) is 0 Å². The topological polar surface area (TPSA) is 30.7 Å². The number of aryl methyl sites for hydroxylation is 2. The standard InChI is InChI=1S/C10H11N3/c1-4-8-5-11-6-9-10(8)7(2)12-13(9)3/h4-6H,1H2,2-3H3. The zero-order valence-corrected chi connectivity index (χ0v) is 7.78. The second-order valence-corrected chi connectivity index (χ2v) is 3.04. The van der Waals surface area contributed by atoms with Gasteiger partial charge in [0.05, 0.1) is 17.4 Å². The van der Waals surface area contributed by atoms with Crippen LogP contribution in [0.4, 0.5) is 0 Å². The van der Waals surface area contributed by atoms with Crippen LogP contribution >= 0.6 is 0 Å². The van der Waals surface area contributed by atoms with Crippen LogP contribution in [-0.2, 0) is 7.05 Å². The maximum atomic E-state index is 4.33. The molecule has 0 radical (unpaired) electrons. The van der Waals surface area contributed by atoms with Crippen molar-refractivity contribution >= 4 is 17.0 Å². The van der Waals surface area contributed by atoms with Crippen molar-refractivity contribution in [3.8, 4) is 0 Å². The molecule has 3 heteroatoms. The number of hydrogen-bond donors (Lipinski definition) is 0. The van der Waals surface area contributed by atoms with Crippen LogP contribution in [0.15, 0.2) is 19.0 Å². The van der Waals surface area contributed by atoms with Gasteiger partial charge in [-0.25, -0.2) is 0 Å². The molecule has 0 spiro atoms. The molecule has 0 aliphatic rings. The van der Waals surface area contributed by atoms with Crippen LogP contribution in [-0.4, -0.2) is 14.8 Å². The molecule has 2 heterocycles. The highest BCUT2D eigenvalue weighted by Gasteiger charge is 2.07. The lowest BCUT2D eigenvalue weighted by Crippen LogP contribution is -1.89. The Kier molecular flexibility index (Phi) is 1.65. The molecule has 0 aliphatic carbocycles. The van der Waals surface area contributed by atoms with Crippen molar-refractivity contribution in [1.29, 1.82) is 0 Å². The highest BCUT2D eigenvalue weighted by Crippen LogP contribution is 2.20. The van der Waals surface area contributed by atoms with Crippen molar-refractivity contribution in [2.75, 3.05) is 0 Å². The van der Waals surface area contributed by atoms with Crippen LogP contribution in [0.3, 0.4) is 0 Å². The van der Waals surface area contributed by atoms with Crippen molar-refractivity contribution in [3.05, 3.63) is 30.2 Å². The van der Waals surface area contributed by atoms with Gasteiger partial charge in [-0.1, -0.05) is 12.7 Å². The fraction of sp³-hybridized carbons (Fsp3) is 0.200. The molecule has 2 rings (SSSR count). The van der Waals surface area contributed by atoms with Crippen molar-refractivity contribution in [2.24, 2.45) is 7.05 Å². The maximum Gasteiger partial charge on any atom is 0.0871 e. The van der Waals surface area contributed by atoms with Crippen molar-refractivity contribution in [1.82, 2.24) is 14.8 Å². The van der Waals surface area contributed by atoms with Gasteiger partial charge in [-0.05, 0) is 6.92 Å². The van der Waals surface area contributed by atoms with Gasteiger partial charge >= 0.3 is 0 Å². The SMILES string of the molecule is C=Cc1cncc2c1c(C)nn2C. The molecular formula is C10H11N3. The van der Waals surface area contributed by atoms with E-state index in [0.29, 0.717) is 0 Å². The van der Waals surface area contributed by atoms with Crippen LogP contribution in [0.2, 0.25) is 0 Å². The Hall–Kier alpha value is -1.64. The first-order chi connectivity index (χ1) is 6.24. The predicted molar refractivity (Wildman–Crippen MR) is 53.3 cm³/mol. The van der Waals surface area contributed by atoms with E-state index in [2.05, 4.69) is 16.7 Å². The molecule has 0 fully saturated rings. The summed E-state index contributed by atoms with van der Waals surface area (Å²) in [4.78, 5) is 4.13. The number of rotatable bonds is 1. The lowest BCUT2D eigenvalue weighted by atomic mass is 10.1. The molecule has 13 heavy (non-hydrogen) atoms. The van der Waals surface area contributed by atoms with Gasteiger partial charge < -0.3 is 0 Å². The highest BCUT2D eigenvalue weighted by molar-refractivity contribution is 5.89. The molecule has 0 atom stereocenters. The largest absolute Gasteiger partial charge is 0.266 e. The zero-order valence-electron chi connectivity index (χ0n) is 7.78. The fourth-order valence-corrected chi connectivity index (χ4v) is 1.59. The summed E-state index contributed by atoms with van der Waals surface area (Å²) in [5, 5.41) is 5.47. The van der Waals surface area contributed by atoms with E-state index >= 15 is 0 Å². The zero-order chi connectivity index (χ0) is 9.42. The lowest BCUT2D eigenvalue weighted by Gasteiger charge is -1.96. The molecule has 3 nitrogen and oxygen atoms in total. The summed E-state index contributed by atoms with van der Waals surface area (Å²) >= 11 is 0. The minimum Gasteiger partial charge on any atom is -0.266 e. The Morgan fingerprint density at radius 1 is 1.46 bits per heavy atom. The quantitative estimate of drug-likeness (QED) is 0.659. The van der Waals surface area contributed by atoms with E-state index in [-0.39, 0.29) is 0 Å². The van der Waals surface area contributed by atoms with Gasteiger partial charge in [0, 0.05) is 24.2 Å². The number of hydrogen-bond acceptors (Lipinski definition) is 2. The average molecular weight is 173 g/mol. The second-order valence-electron chi connectivity index (χ2n) is 3.04. The minimum absolute atomic E-state index is 1.02. The van der Waals surface area contributed by atoms with Crippen LogP contribution in [0.5, 0.6) is 0 Å². The summed E-state index contributed by atoms with van der Waals surface area (Å²) in [7, 11) is 1.92. The van der Waals surface area contributed by atoms with Crippen LogP contribution in [0, 0.1) is 6.92 Å². The third kappa shape index (κ3) is 1.04. The van der Waals surface area contributed by atoms with Crippen molar-refractivity contribution < 1.29 is 0 Å². The Bertz CT molecular complexity index is 468. The molecule has 2 aromatic rings. The first-order valence-corrected chi connectivity index (χ1v) is 4.14. The van der Waals surface area contributed by atoms with E-state index < -0.39 is 0 Å². The molecular weight excluding hydrogens is 162 g/mol. The molecule has 0 unspecified atom stereocenters. The van der Waals surface area contributed by atoms with Crippen LogP contribution in [0.25, 0.3) is 17.0 Å². The van der Waals surface area contributed by atoms with Crippen molar-refractivity contribution in [2.45, 2.75) is 6.92 Å². The van der Waals surface area contributed by atoms with E-state index in [1.54, 1.807) is 0 Å². The van der Waals surface area contributed by atoms with E-state index in [1.807, 2.05) is 37.1 Å². The normalized spacial score (nSPS) is 10.6. The van der Waals surface area contributed by atoms with E-state index in [9.17, 15) is 0 Å². The number of fused-ring (bicyclic) bond motifs is 1. The average Bonchev–Trinajstić information content (AvgIpc) is 2.43. The monoisotopic (exact) mass is 173 g/mol. The molecule has 0 N–H and O–H groups in total. The van der Waals surface area contributed by atoms with Gasteiger partial charge in [-0.15, -0.1) is 0 Å². The molecule has 0 aromatic carbocycles. The Morgan fingerprint density at radius 2 is 2.23 bits per heavy atom. The van der Waals surface area contributed by atoms with Gasteiger partial charge in [0.1, 0.15) is 0 Å². The molecule has 0 bridgehead atoms. The Labute approximate surface area is 76.7 Å². The number of aromatic nitrogens is 3. The first kappa shape index (κ1) is 7.98. The number of pyridine rings is 1. The summed E-state index contributed by atoms with van der Waals surface area (Å²) in [6.45, 7) is 5.75. The molecule has 2 aromatic heterocycles. The van der Waals surface area contributed by atoms with Gasteiger partial charge in [0.15, 0.2) is 0 Å². The van der Waals surface area contributed by atoms with Gasteiger partial charge in [0.2, 0.25) is 0 Å². The minimum atomic E-state index is 1.02. The number of nitrogens with zero attached hydrogens (tertiary/aromatic N) is 3. The van der Waals surface area contributed by atoms with Crippen molar-refractivity contribution in [3.63, 3.8) is 0 Å². The lowest BCUT2D eigenvalue weighted by molar-refractivity contribution is 0.782. The van der Waals surface area contributed by atoms with E-state index in [0.717, 1.165) is 22.2 Å². The summed E-state index contributed by atoms with van der Waals surface area (Å²) in [6, 6.07) is 0. The van der Waals surface area contributed by atoms with Gasteiger partial charge in [0.25, 0.3) is 0 Å². The Morgan fingerprint density at radius 3 is 2.92 bits per heavy atom. The second kappa shape index (κ2) is 2.69. The fourth-order valence-electron chi connectivity index (χ4n) is 1.59. The molecule has 0 aliphatic heterocycles. The maximum absolute atomic E-state index is 4.33. The van der Waals surface area contributed by atoms with Gasteiger partial charge in [-0.2, -0.15) is 5.10 Å². The highest BCUT2D eigenvalue weighted by atomic mass is 15.3. The summed E-state index contributed by atoms with van der Waals surface area (Å²) < 4.78 is 1.84. The summed E-state index contributed by atoms with van der Waals surface area (Å²) in [5.41, 5.74) is 3.12. The summed E-state index contributed by atoms with van der Waals surface area (Å²) in [6.07, 6.45) is 5.44. The van der Waals surface area contributed by atoms with Crippen LogP contribution < -0.4 is 0 Å². The summed E-state index contributed by atoms with van der Waals surface area (Å²) in [5.74, 6) is 0. The predicted octanol–water partition coefficient (Wildman–Crippen LogP) is 1.92. The molecule has 0 amide bonds. The Balaban J connectivity index is 2.96.